The standard InChI is InChI=1S/C26H20O4/c27-22(24-25(28)23(30-26(24)29)14-16-8-2-1-3-9-16)15-21-19-12-6-4-10-17(19)18-11-5-7-13-20(18)21/h1-13,21,23-24H,14-15H2. The van der Waals surface area contributed by atoms with Crippen LogP contribution in [-0.2, 0) is 25.5 Å². The Hall–Kier alpha value is -3.53. The van der Waals surface area contributed by atoms with Crippen molar-refractivity contribution >= 4 is 17.5 Å². The summed E-state index contributed by atoms with van der Waals surface area (Å²) in [5.41, 5.74) is 5.23. The van der Waals surface area contributed by atoms with Crippen LogP contribution in [0.15, 0.2) is 78.9 Å². The number of carbonyl (C=O) groups excluding carboxylic acids is 3. The summed E-state index contributed by atoms with van der Waals surface area (Å²) in [7, 11) is 0. The normalized spacial score (nSPS) is 20.0. The van der Waals surface area contributed by atoms with Crippen molar-refractivity contribution in [2.24, 2.45) is 5.92 Å². The van der Waals surface area contributed by atoms with Gasteiger partial charge in [-0.05, 0) is 27.8 Å². The number of fused-ring (bicyclic) bond motifs is 3. The number of cyclic esters (lactones) is 1. The van der Waals surface area contributed by atoms with E-state index in [1.165, 1.54) is 0 Å². The van der Waals surface area contributed by atoms with E-state index in [1.54, 1.807) is 0 Å². The van der Waals surface area contributed by atoms with Gasteiger partial charge in [-0.2, -0.15) is 0 Å². The summed E-state index contributed by atoms with van der Waals surface area (Å²) in [6.07, 6.45) is -0.487. The zero-order chi connectivity index (χ0) is 20.7. The molecule has 30 heavy (non-hydrogen) atoms. The second kappa shape index (κ2) is 7.38. The summed E-state index contributed by atoms with van der Waals surface area (Å²) in [5, 5.41) is 0. The van der Waals surface area contributed by atoms with Crippen LogP contribution in [0.3, 0.4) is 0 Å². The van der Waals surface area contributed by atoms with Gasteiger partial charge in [0, 0.05) is 18.8 Å². The van der Waals surface area contributed by atoms with E-state index < -0.39 is 23.8 Å². The van der Waals surface area contributed by atoms with Crippen molar-refractivity contribution in [2.75, 3.05) is 0 Å². The van der Waals surface area contributed by atoms with Crippen molar-refractivity contribution in [3.8, 4) is 11.1 Å². The summed E-state index contributed by atoms with van der Waals surface area (Å²) in [6, 6.07) is 25.4. The predicted molar refractivity (Wildman–Crippen MR) is 112 cm³/mol. The van der Waals surface area contributed by atoms with Crippen molar-refractivity contribution in [1.29, 1.82) is 0 Å². The Balaban J connectivity index is 1.38. The fourth-order valence-electron chi connectivity index (χ4n) is 4.63. The number of hydrogen-bond donors (Lipinski definition) is 0. The van der Waals surface area contributed by atoms with Gasteiger partial charge in [0.1, 0.15) is 0 Å². The van der Waals surface area contributed by atoms with Crippen LogP contribution in [-0.4, -0.2) is 23.6 Å². The van der Waals surface area contributed by atoms with Gasteiger partial charge in [-0.1, -0.05) is 78.9 Å². The van der Waals surface area contributed by atoms with E-state index >= 15 is 0 Å². The zero-order valence-corrected chi connectivity index (χ0v) is 16.3. The molecule has 1 fully saturated rings. The Labute approximate surface area is 174 Å². The van der Waals surface area contributed by atoms with Crippen LogP contribution < -0.4 is 0 Å². The van der Waals surface area contributed by atoms with E-state index in [9.17, 15) is 14.4 Å². The summed E-state index contributed by atoms with van der Waals surface area (Å²) in [6.45, 7) is 0. The van der Waals surface area contributed by atoms with Crippen LogP contribution in [0.1, 0.15) is 29.0 Å². The summed E-state index contributed by atoms with van der Waals surface area (Å²) in [5.74, 6) is -2.98. The van der Waals surface area contributed by atoms with E-state index in [0.717, 1.165) is 27.8 Å². The monoisotopic (exact) mass is 396 g/mol. The molecule has 1 heterocycles. The lowest BCUT2D eigenvalue weighted by Crippen LogP contribution is -2.29. The van der Waals surface area contributed by atoms with Crippen molar-refractivity contribution in [3.05, 3.63) is 95.6 Å². The summed E-state index contributed by atoms with van der Waals surface area (Å²) >= 11 is 0. The lowest BCUT2D eigenvalue weighted by atomic mass is 9.86. The van der Waals surface area contributed by atoms with Crippen LogP contribution in [0, 0.1) is 5.92 Å². The molecule has 3 aromatic rings. The molecule has 1 aliphatic heterocycles. The molecular formula is C26H20O4. The Morgan fingerprint density at radius 1 is 0.767 bits per heavy atom. The van der Waals surface area contributed by atoms with Gasteiger partial charge in [0.15, 0.2) is 23.6 Å². The lowest BCUT2D eigenvalue weighted by molar-refractivity contribution is -0.146. The van der Waals surface area contributed by atoms with Crippen molar-refractivity contribution in [3.63, 3.8) is 0 Å². The van der Waals surface area contributed by atoms with Crippen molar-refractivity contribution in [1.82, 2.24) is 0 Å². The molecule has 148 valence electrons. The molecule has 0 saturated carbocycles. The molecule has 0 bridgehead atoms. The first kappa shape index (κ1) is 18.5. The SMILES string of the molecule is O=C(CC1c2ccccc2-c2ccccc21)C1C(=O)OC(Cc2ccccc2)C1=O. The van der Waals surface area contributed by atoms with Gasteiger partial charge >= 0.3 is 5.97 Å². The number of ketones is 2. The van der Waals surface area contributed by atoms with E-state index in [0.29, 0.717) is 6.42 Å². The molecule has 4 nitrogen and oxygen atoms in total. The molecule has 0 aromatic heterocycles. The summed E-state index contributed by atoms with van der Waals surface area (Å²) < 4.78 is 5.31. The Morgan fingerprint density at radius 2 is 1.33 bits per heavy atom. The first-order valence-corrected chi connectivity index (χ1v) is 10.1. The minimum Gasteiger partial charge on any atom is -0.453 e. The molecule has 0 amide bonds. The molecule has 0 spiro atoms. The number of carbonyl (C=O) groups is 3. The van der Waals surface area contributed by atoms with E-state index in [4.69, 9.17) is 4.74 Å². The van der Waals surface area contributed by atoms with Gasteiger partial charge in [0.25, 0.3) is 0 Å². The number of esters is 1. The van der Waals surface area contributed by atoms with Crippen LogP contribution in [0.4, 0.5) is 0 Å². The molecule has 3 aromatic carbocycles. The second-order valence-corrected chi connectivity index (χ2v) is 7.85. The largest absolute Gasteiger partial charge is 0.453 e. The third-order valence-corrected chi connectivity index (χ3v) is 6.05. The highest BCUT2D eigenvalue weighted by molar-refractivity contribution is 6.22. The predicted octanol–water partition coefficient (Wildman–Crippen LogP) is 4.11. The van der Waals surface area contributed by atoms with Gasteiger partial charge < -0.3 is 4.74 Å². The maximum Gasteiger partial charge on any atom is 0.325 e. The maximum atomic E-state index is 13.1. The molecular weight excluding hydrogens is 376 g/mol. The fraction of sp³-hybridized carbons (Fsp3) is 0.192. The van der Waals surface area contributed by atoms with E-state index in [1.807, 2.05) is 78.9 Å². The van der Waals surface area contributed by atoms with Gasteiger partial charge in [-0.25, -0.2) is 0 Å². The highest BCUT2D eigenvalue weighted by atomic mass is 16.6. The third kappa shape index (κ3) is 3.05. The first-order chi connectivity index (χ1) is 14.6. The molecule has 2 unspecified atom stereocenters. The molecule has 2 aliphatic rings. The van der Waals surface area contributed by atoms with Gasteiger partial charge in [0.2, 0.25) is 0 Å². The minimum atomic E-state index is -1.32. The second-order valence-electron chi connectivity index (χ2n) is 7.85. The Morgan fingerprint density at radius 3 is 1.97 bits per heavy atom. The smallest absolute Gasteiger partial charge is 0.325 e. The number of rotatable bonds is 5. The topological polar surface area (TPSA) is 60.4 Å². The maximum absolute atomic E-state index is 13.1. The lowest BCUT2D eigenvalue weighted by Gasteiger charge is -2.14. The molecule has 4 heteroatoms. The van der Waals surface area contributed by atoms with Gasteiger partial charge in [-0.15, -0.1) is 0 Å². The number of ether oxygens (including phenoxy) is 1. The average Bonchev–Trinajstić information content (AvgIpc) is 3.23. The third-order valence-electron chi connectivity index (χ3n) is 6.05. The molecule has 0 N–H and O–H groups in total. The van der Waals surface area contributed by atoms with Crippen LogP contribution >= 0.6 is 0 Å². The minimum absolute atomic E-state index is 0.109. The highest BCUT2D eigenvalue weighted by Crippen LogP contribution is 2.46. The van der Waals surface area contributed by atoms with Crippen LogP contribution in [0.2, 0.25) is 0 Å². The Kier molecular flexibility index (Phi) is 4.55. The van der Waals surface area contributed by atoms with Crippen LogP contribution in [0.5, 0.6) is 0 Å². The van der Waals surface area contributed by atoms with Crippen molar-refractivity contribution in [2.45, 2.75) is 24.9 Å². The summed E-state index contributed by atoms with van der Waals surface area (Å²) in [4.78, 5) is 38.4. The molecule has 0 radical (unpaired) electrons. The Bertz CT molecular complexity index is 1100. The highest BCUT2D eigenvalue weighted by Gasteiger charge is 2.48. The zero-order valence-electron chi connectivity index (χ0n) is 16.3. The van der Waals surface area contributed by atoms with Crippen LogP contribution in [0.25, 0.3) is 11.1 Å². The molecule has 1 saturated heterocycles. The first-order valence-electron chi connectivity index (χ1n) is 10.1. The van der Waals surface area contributed by atoms with E-state index in [-0.39, 0.29) is 18.1 Å². The molecule has 5 rings (SSSR count). The van der Waals surface area contributed by atoms with E-state index in [2.05, 4.69) is 0 Å². The fourth-order valence-corrected chi connectivity index (χ4v) is 4.63. The number of hydrogen-bond acceptors (Lipinski definition) is 4. The number of Topliss-reactive ketones (excluding diaryl/α,β-unsaturated/α-hetero) is 2. The molecule has 1 aliphatic carbocycles. The van der Waals surface area contributed by atoms with Gasteiger partial charge in [0.05, 0.1) is 0 Å². The number of benzene rings is 3. The molecule has 2 atom stereocenters. The average molecular weight is 396 g/mol. The van der Waals surface area contributed by atoms with Gasteiger partial charge in [-0.3, -0.25) is 14.4 Å². The quantitative estimate of drug-likeness (QED) is 0.481. The van der Waals surface area contributed by atoms with Crippen molar-refractivity contribution < 1.29 is 19.1 Å².